The van der Waals surface area contributed by atoms with E-state index in [2.05, 4.69) is 62.5 Å². The van der Waals surface area contributed by atoms with E-state index in [9.17, 15) is 14.7 Å². The molecule has 270 valence electrons. The number of allylic oxidation sites excluding steroid dienone is 8. The molecule has 5 heteroatoms. The van der Waals surface area contributed by atoms with Crippen LogP contribution < -0.4 is 9.47 Å². The largest absolute Gasteiger partial charge is 0.426 e. The highest BCUT2D eigenvalue weighted by molar-refractivity contribution is 5.74. The highest BCUT2D eigenvalue weighted by atomic mass is 16.5. The van der Waals surface area contributed by atoms with Crippen molar-refractivity contribution in [3.8, 4) is 11.5 Å². The van der Waals surface area contributed by atoms with Gasteiger partial charge in [0, 0.05) is 18.9 Å². The Bertz CT molecular complexity index is 973. The molecule has 0 radical (unpaired) electrons. The molecule has 0 amide bonds. The molecule has 0 aliphatic carbocycles. The first kappa shape index (κ1) is 43.1. The van der Waals surface area contributed by atoms with Gasteiger partial charge in [0.1, 0.15) is 11.5 Å². The Morgan fingerprint density at radius 1 is 0.500 bits per heavy atom. The first-order valence-electron chi connectivity index (χ1n) is 19.3. The lowest BCUT2D eigenvalue weighted by atomic mass is 10.1. The molecular weight excluding hydrogens is 596 g/mol. The summed E-state index contributed by atoms with van der Waals surface area (Å²) in [5.41, 5.74) is 0.539. The van der Waals surface area contributed by atoms with Crippen LogP contribution in [0.5, 0.6) is 11.5 Å². The number of unbranched alkanes of at least 4 members (excludes halogenated alkanes) is 16. The topological polar surface area (TPSA) is 72.8 Å². The summed E-state index contributed by atoms with van der Waals surface area (Å²) in [5.74, 6) is -0.0145. The normalized spacial score (nSPS) is 11.9. The van der Waals surface area contributed by atoms with Crippen LogP contribution in [0.4, 0.5) is 0 Å². The molecule has 0 saturated heterocycles. The van der Waals surface area contributed by atoms with Gasteiger partial charge in [-0.05, 0) is 94.7 Å². The number of carbonyl (C=O) groups is 2. The standard InChI is InChI=1S/C43H68O5/c1-3-5-7-9-11-13-15-17-19-21-23-25-27-29-31-33-42(45)47-40-35-39(38-44)36-41(37-40)48-43(46)34-32-30-28-26-24-22-20-18-16-14-12-10-8-6-4-2/h11-14,17-20,35-37,44H,3-10,15-16,21-34,38H2,1-2H3. The number of aliphatic hydroxyl groups excluding tert-OH is 1. The van der Waals surface area contributed by atoms with E-state index in [-0.39, 0.29) is 18.5 Å². The minimum atomic E-state index is -0.307. The number of benzene rings is 1. The van der Waals surface area contributed by atoms with Crippen molar-refractivity contribution in [1.82, 2.24) is 0 Å². The van der Waals surface area contributed by atoms with Crippen LogP contribution in [0.3, 0.4) is 0 Å². The Kier molecular flexibility index (Phi) is 29.3. The van der Waals surface area contributed by atoms with E-state index in [0.29, 0.717) is 29.9 Å². The highest BCUT2D eigenvalue weighted by Gasteiger charge is 2.11. The Morgan fingerprint density at radius 2 is 0.854 bits per heavy atom. The third-order valence-electron chi connectivity index (χ3n) is 8.25. The summed E-state index contributed by atoms with van der Waals surface area (Å²) in [6.45, 7) is 4.24. The number of hydrogen-bond acceptors (Lipinski definition) is 5. The molecule has 0 bridgehead atoms. The van der Waals surface area contributed by atoms with Crippen molar-refractivity contribution in [2.45, 2.75) is 175 Å². The minimum Gasteiger partial charge on any atom is -0.426 e. The molecule has 0 atom stereocenters. The SMILES string of the molecule is CCCCCC=CCC=CCCCCCCCC(=O)Oc1cc(CO)cc(OC(=O)CCCCCCCC=CCC=CCCCCC)c1. The predicted octanol–water partition coefficient (Wildman–Crippen LogP) is 12.6. The Balaban J connectivity index is 2.16. The zero-order chi connectivity index (χ0) is 34.8. The maximum Gasteiger partial charge on any atom is 0.311 e. The molecular formula is C43H68O5. The van der Waals surface area contributed by atoms with Crippen LogP contribution in [0.25, 0.3) is 0 Å². The van der Waals surface area contributed by atoms with E-state index >= 15 is 0 Å². The fourth-order valence-corrected chi connectivity index (χ4v) is 5.37. The van der Waals surface area contributed by atoms with Gasteiger partial charge in [-0.3, -0.25) is 9.59 Å². The Labute approximate surface area is 294 Å². The fourth-order valence-electron chi connectivity index (χ4n) is 5.37. The predicted molar refractivity (Wildman–Crippen MR) is 202 cm³/mol. The highest BCUT2D eigenvalue weighted by Crippen LogP contribution is 2.25. The molecule has 1 N–H and O–H groups in total. The van der Waals surface area contributed by atoms with Crippen LogP contribution in [-0.2, 0) is 16.2 Å². The zero-order valence-corrected chi connectivity index (χ0v) is 30.6. The summed E-state index contributed by atoms with van der Waals surface area (Å²) in [4.78, 5) is 24.9. The third-order valence-corrected chi connectivity index (χ3v) is 8.25. The monoisotopic (exact) mass is 665 g/mol. The number of esters is 2. The van der Waals surface area contributed by atoms with Gasteiger partial charge in [-0.2, -0.15) is 0 Å². The molecule has 0 aromatic heterocycles. The molecule has 0 aliphatic heterocycles. The average Bonchev–Trinajstić information content (AvgIpc) is 3.08. The first-order chi connectivity index (χ1) is 23.6. The molecule has 0 aliphatic rings. The summed E-state index contributed by atoms with van der Waals surface area (Å²) < 4.78 is 11.0. The second kappa shape index (κ2) is 32.6. The van der Waals surface area contributed by atoms with Crippen molar-refractivity contribution >= 4 is 11.9 Å². The number of rotatable bonds is 31. The van der Waals surface area contributed by atoms with E-state index in [1.807, 2.05) is 0 Å². The summed E-state index contributed by atoms with van der Waals surface area (Å²) >= 11 is 0. The summed E-state index contributed by atoms with van der Waals surface area (Å²) in [7, 11) is 0. The van der Waals surface area contributed by atoms with Crippen LogP contribution in [0.15, 0.2) is 66.8 Å². The van der Waals surface area contributed by atoms with Gasteiger partial charge in [0.2, 0.25) is 0 Å². The van der Waals surface area contributed by atoms with Crippen molar-refractivity contribution in [1.29, 1.82) is 0 Å². The second-order valence-electron chi connectivity index (χ2n) is 12.9. The van der Waals surface area contributed by atoms with Gasteiger partial charge in [-0.1, -0.05) is 127 Å². The molecule has 48 heavy (non-hydrogen) atoms. The summed E-state index contributed by atoms with van der Waals surface area (Å²) in [5, 5.41) is 9.66. The minimum absolute atomic E-state index is 0.230. The smallest absolute Gasteiger partial charge is 0.311 e. The lowest BCUT2D eigenvalue weighted by Gasteiger charge is -2.10. The molecule has 0 spiro atoms. The van der Waals surface area contributed by atoms with E-state index in [1.165, 1.54) is 64.2 Å². The molecule has 1 rings (SSSR count). The van der Waals surface area contributed by atoms with Gasteiger partial charge < -0.3 is 14.6 Å². The zero-order valence-electron chi connectivity index (χ0n) is 30.6. The van der Waals surface area contributed by atoms with Crippen molar-refractivity contribution in [2.24, 2.45) is 0 Å². The van der Waals surface area contributed by atoms with Gasteiger partial charge in [0.15, 0.2) is 0 Å². The van der Waals surface area contributed by atoms with Crippen LogP contribution in [0.2, 0.25) is 0 Å². The van der Waals surface area contributed by atoms with Gasteiger partial charge in [0.25, 0.3) is 0 Å². The van der Waals surface area contributed by atoms with E-state index < -0.39 is 0 Å². The van der Waals surface area contributed by atoms with Crippen LogP contribution >= 0.6 is 0 Å². The van der Waals surface area contributed by atoms with Crippen molar-refractivity contribution < 1.29 is 24.2 Å². The maximum atomic E-state index is 12.4. The number of aliphatic hydroxyl groups is 1. The molecule has 0 saturated carbocycles. The van der Waals surface area contributed by atoms with Crippen molar-refractivity contribution in [2.75, 3.05) is 0 Å². The molecule has 0 unspecified atom stereocenters. The number of carbonyl (C=O) groups excluding carboxylic acids is 2. The van der Waals surface area contributed by atoms with E-state index in [0.717, 1.165) is 77.0 Å². The van der Waals surface area contributed by atoms with Gasteiger partial charge in [-0.15, -0.1) is 0 Å². The van der Waals surface area contributed by atoms with Gasteiger partial charge >= 0.3 is 11.9 Å². The molecule has 1 aromatic rings. The summed E-state index contributed by atoms with van der Waals surface area (Å²) in [6, 6.07) is 4.79. The van der Waals surface area contributed by atoms with E-state index in [1.54, 1.807) is 18.2 Å². The fraction of sp³-hybridized carbons (Fsp3) is 0.628. The third kappa shape index (κ3) is 27.1. The lowest BCUT2D eigenvalue weighted by Crippen LogP contribution is -2.10. The second-order valence-corrected chi connectivity index (χ2v) is 12.9. The molecule has 1 aromatic carbocycles. The van der Waals surface area contributed by atoms with Gasteiger partial charge in [-0.25, -0.2) is 0 Å². The van der Waals surface area contributed by atoms with Gasteiger partial charge in [0.05, 0.1) is 6.61 Å². The Morgan fingerprint density at radius 3 is 1.23 bits per heavy atom. The summed E-state index contributed by atoms with van der Waals surface area (Å²) in [6.07, 6.45) is 43.7. The average molecular weight is 665 g/mol. The van der Waals surface area contributed by atoms with Crippen LogP contribution in [-0.4, -0.2) is 17.0 Å². The number of hydrogen-bond donors (Lipinski definition) is 1. The van der Waals surface area contributed by atoms with E-state index in [4.69, 9.17) is 9.47 Å². The van der Waals surface area contributed by atoms with Crippen molar-refractivity contribution in [3.05, 3.63) is 72.4 Å². The van der Waals surface area contributed by atoms with Crippen molar-refractivity contribution in [3.63, 3.8) is 0 Å². The lowest BCUT2D eigenvalue weighted by molar-refractivity contribution is -0.135. The molecule has 0 fully saturated rings. The first-order valence-corrected chi connectivity index (χ1v) is 19.3. The van der Waals surface area contributed by atoms with Crippen LogP contribution in [0.1, 0.15) is 174 Å². The Hall–Kier alpha value is -2.92. The maximum absolute atomic E-state index is 12.4. The molecule has 5 nitrogen and oxygen atoms in total. The van der Waals surface area contributed by atoms with Crippen LogP contribution in [0, 0.1) is 0 Å². The number of ether oxygens (including phenoxy) is 2. The quantitative estimate of drug-likeness (QED) is 0.0370. The molecule has 0 heterocycles.